The second-order valence-corrected chi connectivity index (χ2v) is 6.90. The predicted molar refractivity (Wildman–Crippen MR) is 104 cm³/mol. The first kappa shape index (κ1) is 21.5. The molecular formula is C22H36O3. The molecule has 0 aliphatic heterocycles. The second-order valence-electron chi connectivity index (χ2n) is 6.90. The van der Waals surface area contributed by atoms with E-state index in [9.17, 15) is 4.79 Å². The number of methoxy groups -OCH3 is 1. The van der Waals surface area contributed by atoms with Gasteiger partial charge in [0.15, 0.2) is 0 Å². The van der Waals surface area contributed by atoms with Crippen LogP contribution in [0.4, 0.5) is 0 Å². The fourth-order valence-corrected chi connectivity index (χ4v) is 3.48. The van der Waals surface area contributed by atoms with Crippen LogP contribution >= 0.6 is 0 Å². The Labute approximate surface area is 154 Å². The molecule has 1 atom stereocenters. The molecule has 25 heavy (non-hydrogen) atoms. The van der Waals surface area contributed by atoms with E-state index in [0.29, 0.717) is 13.0 Å². The van der Waals surface area contributed by atoms with Gasteiger partial charge in [-0.05, 0) is 37.8 Å². The van der Waals surface area contributed by atoms with Crippen molar-refractivity contribution in [1.29, 1.82) is 0 Å². The molecule has 0 spiro atoms. The summed E-state index contributed by atoms with van der Waals surface area (Å²) in [5, 5.41) is 0. The smallest absolute Gasteiger partial charge is 0.312 e. The van der Waals surface area contributed by atoms with E-state index in [0.717, 1.165) is 43.4 Å². The van der Waals surface area contributed by atoms with Gasteiger partial charge in [0.1, 0.15) is 5.75 Å². The number of carbonyl (C=O) groups is 1. The van der Waals surface area contributed by atoms with E-state index in [2.05, 4.69) is 19.9 Å². The van der Waals surface area contributed by atoms with E-state index in [-0.39, 0.29) is 5.97 Å². The molecular weight excluding hydrogens is 312 g/mol. The molecule has 1 rings (SSSR count). The van der Waals surface area contributed by atoms with Crippen LogP contribution in [-0.4, -0.2) is 19.7 Å². The maximum Gasteiger partial charge on any atom is 0.312 e. The third-order valence-corrected chi connectivity index (χ3v) is 4.95. The highest BCUT2D eigenvalue weighted by Gasteiger charge is 2.39. The van der Waals surface area contributed by atoms with Crippen molar-refractivity contribution in [2.45, 2.75) is 78.6 Å². The van der Waals surface area contributed by atoms with Gasteiger partial charge in [-0.2, -0.15) is 0 Å². The van der Waals surface area contributed by atoms with Crippen molar-refractivity contribution in [3.63, 3.8) is 0 Å². The number of hydrogen-bond acceptors (Lipinski definition) is 3. The van der Waals surface area contributed by atoms with Crippen LogP contribution in [0.5, 0.6) is 5.75 Å². The molecule has 0 heterocycles. The summed E-state index contributed by atoms with van der Waals surface area (Å²) in [6, 6.07) is 8.04. The number of rotatable bonds is 13. The van der Waals surface area contributed by atoms with E-state index in [1.54, 1.807) is 7.11 Å². The number of ether oxygens (including phenoxy) is 2. The fourth-order valence-electron chi connectivity index (χ4n) is 3.48. The summed E-state index contributed by atoms with van der Waals surface area (Å²) in [5.74, 6) is 0.826. The topological polar surface area (TPSA) is 35.5 Å². The van der Waals surface area contributed by atoms with Crippen molar-refractivity contribution in [2.24, 2.45) is 5.41 Å². The van der Waals surface area contributed by atoms with E-state index in [4.69, 9.17) is 9.47 Å². The number of carbonyl (C=O) groups excluding carboxylic acids is 1. The zero-order valence-corrected chi connectivity index (χ0v) is 16.6. The second kappa shape index (κ2) is 11.9. The molecule has 0 bridgehead atoms. The van der Waals surface area contributed by atoms with Gasteiger partial charge < -0.3 is 9.47 Å². The first-order chi connectivity index (χ1) is 12.1. The van der Waals surface area contributed by atoms with Gasteiger partial charge in [0.25, 0.3) is 0 Å². The minimum atomic E-state index is -0.436. The lowest BCUT2D eigenvalue weighted by Gasteiger charge is -2.32. The van der Waals surface area contributed by atoms with Crippen LogP contribution in [0.25, 0.3) is 0 Å². The monoisotopic (exact) mass is 348 g/mol. The third kappa shape index (κ3) is 6.72. The van der Waals surface area contributed by atoms with Crippen molar-refractivity contribution in [3.05, 3.63) is 29.8 Å². The summed E-state index contributed by atoms with van der Waals surface area (Å²) in [6.07, 6.45) is 9.28. The van der Waals surface area contributed by atoms with Crippen LogP contribution in [0, 0.1) is 5.41 Å². The van der Waals surface area contributed by atoms with Gasteiger partial charge in [-0.3, -0.25) is 4.79 Å². The van der Waals surface area contributed by atoms with Crippen molar-refractivity contribution in [2.75, 3.05) is 13.7 Å². The van der Waals surface area contributed by atoms with Crippen molar-refractivity contribution >= 4 is 5.97 Å². The first-order valence-corrected chi connectivity index (χ1v) is 9.92. The molecule has 0 N–H and O–H groups in total. The number of benzene rings is 1. The number of para-hydroxylation sites is 1. The van der Waals surface area contributed by atoms with Crippen molar-refractivity contribution in [3.8, 4) is 5.75 Å². The summed E-state index contributed by atoms with van der Waals surface area (Å²) in [6.45, 7) is 6.72. The van der Waals surface area contributed by atoms with Gasteiger partial charge in [-0.25, -0.2) is 0 Å². The molecule has 1 aromatic rings. The zero-order valence-electron chi connectivity index (χ0n) is 16.6. The molecule has 1 aromatic carbocycles. The number of esters is 1. The molecule has 1 unspecified atom stereocenters. The Kier molecular flexibility index (Phi) is 10.3. The summed E-state index contributed by atoms with van der Waals surface area (Å²) < 4.78 is 11.1. The normalized spacial score (nSPS) is 13.3. The Balaban J connectivity index is 3.08. The van der Waals surface area contributed by atoms with Gasteiger partial charge in [0, 0.05) is 0 Å². The highest BCUT2D eigenvalue weighted by Crippen LogP contribution is 2.39. The van der Waals surface area contributed by atoms with Crippen molar-refractivity contribution < 1.29 is 14.3 Å². The molecule has 3 heteroatoms. The lowest BCUT2D eigenvalue weighted by molar-refractivity contribution is -0.156. The minimum absolute atomic E-state index is 0.0362. The quantitative estimate of drug-likeness (QED) is 0.326. The highest BCUT2D eigenvalue weighted by molar-refractivity contribution is 5.77. The maximum atomic E-state index is 13.0. The molecule has 0 aromatic heterocycles. The average molecular weight is 349 g/mol. The standard InChI is InChI=1S/C22H36O3/c1-5-8-10-13-17-22(16-9-6-2,21(23)25-7-3)18-19-14-11-12-15-20(19)24-4/h11-12,14-15H,5-10,13,16-18H2,1-4H3. The van der Waals surface area contributed by atoms with Crippen LogP contribution in [0.3, 0.4) is 0 Å². The van der Waals surface area contributed by atoms with E-state index >= 15 is 0 Å². The van der Waals surface area contributed by atoms with E-state index < -0.39 is 5.41 Å². The van der Waals surface area contributed by atoms with Crippen LogP contribution in [0.15, 0.2) is 24.3 Å². The maximum absolute atomic E-state index is 13.0. The van der Waals surface area contributed by atoms with Gasteiger partial charge in [-0.15, -0.1) is 0 Å². The summed E-state index contributed by atoms with van der Waals surface area (Å²) in [7, 11) is 1.69. The van der Waals surface area contributed by atoms with Crippen LogP contribution in [-0.2, 0) is 16.0 Å². The van der Waals surface area contributed by atoms with Crippen molar-refractivity contribution in [1.82, 2.24) is 0 Å². The largest absolute Gasteiger partial charge is 0.496 e. The molecule has 142 valence electrons. The highest BCUT2D eigenvalue weighted by atomic mass is 16.5. The summed E-state index contributed by atoms with van der Waals surface area (Å²) in [4.78, 5) is 13.0. The zero-order chi connectivity index (χ0) is 18.5. The molecule has 0 amide bonds. The fraction of sp³-hybridized carbons (Fsp3) is 0.682. The van der Waals surface area contributed by atoms with Gasteiger partial charge in [0.05, 0.1) is 19.1 Å². The first-order valence-electron chi connectivity index (χ1n) is 9.92. The molecule has 0 aliphatic rings. The Morgan fingerprint density at radius 1 is 0.960 bits per heavy atom. The van der Waals surface area contributed by atoms with Gasteiger partial charge >= 0.3 is 5.97 Å². The number of unbranched alkanes of at least 4 members (excludes halogenated alkanes) is 4. The van der Waals surface area contributed by atoms with E-state index in [1.807, 2.05) is 25.1 Å². The van der Waals surface area contributed by atoms with E-state index in [1.165, 1.54) is 19.3 Å². The number of hydrogen-bond donors (Lipinski definition) is 0. The van der Waals surface area contributed by atoms with Crippen LogP contribution in [0.2, 0.25) is 0 Å². The van der Waals surface area contributed by atoms with Gasteiger partial charge in [0.2, 0.25) is 0 Å². The molecule has 0 aliphatic carbocycles. The summed E-state index contributed by atoms with van der Waals surface area (Å²) >= 11 is 0. The third-order valence-electron chi connectivity index (χ3n) is 4.95. The van der Waals surface area contributed by atoms with Crippen LogP contribution in [0.1, 0.15) is 77.7 Å². The Morgan fingerprint density at radius 3 is 2.28 bits per heavy atom. The molecule has 3 nitrogen and oxygen atoms in total. The lowest BCUT2D eigenvalue weighted by atomic mass is 9.73. The average Bonchev–Trinajstić information content (AvgIpc) is 2.63. The minimum Gasteiger partial charge on any atom is -0.496 e. The summed E-state index contributed by atoms with van der Waals surface area (Å²) in [5.41, 5.74) is 0.665. The Morgan fingerprint density at radius 2 is 1.64 bits per heavy atom. The molecule has 0 fully saturated rings. The Bertz CT molecular complexity index is 498. The van der Waals surface area contributed by atoms with Crippen LogP contribution < -0.4 is 4.74 Å². The lowest BCUT2D eigenvalue weighted by Crippen LogP contribution is -2.35. The van der Waals surface area contributed by atoms with Gasteiger partial charge in [-0.1, -0.05) is 70.6 Å². The molecule has 0 saturated heterocycles. The Hall–Kier alpha value is -1.51. The SMILES string of the molecule is CCCCCCC(CCCC)(Cc1ccccc1OC)C(=O)OCC. The molecule has 0 saturated carbocycles. The molecule has 0 radical (unpaired) electrons. The predicted octanol–water partition coefficient (Wildman–Crippen LogP) is 5.95.